The fraction of sp³-hybridized carbons (Fsp3) is 0.308. The van der Waals surface area contributed by atoms with Gasteiger partial charge < -0.3 is 23.9 Å². The summed E-state index contributed by atoms with van der Waals surface area (Å²) in [6, 6.07) is 11.8. The molecule has 2 amide bonds. The fourth-order valence-electron chi connectivity index (χ4n) is 3.54. The molecule has 0 spiro atoms. The summed E-state index contributed by atoms with van der Waals surface area (Å²) in [6.07, 6.45) is 2.04. The number of methoxy groups -OCH3 is 1. The second-order valence-electron chi connectivity index (χ2n) is 8.22. The first-order valence-corrected chi connectivity index (χ1v) is 11.5. The molecule has 188 valence electrons. The Kier molecular flexibility index (Phi) is 7.53. The van der Waals surface area contributed by atoms with E-state index in [1.807, 2.05) is 13.8 Å². The summed E-state index contributed by atoms with van der Waals surface area (Å²) in [7, 11) is 1.52. The van der Waals surface area contributed by atoms with Crippen LogP contribution in [0.3, 0.4) is 0 Å². The molecule has 0 saturated carbocycles. The van der Waals surface area contributed by atoms with E-state index in [4.69, 9.17) is 18.6 Å². The van der Waals surface area contributed by atoms with Gasteiger partial charge in [0.15, 0.2) is 36.2 Å². The number of rotatable bonds is 10. The molecule has 0 radical (unpaired) electrons. The highest BCUT2D eigenvalue weighted by Crippen LogP contribution is 2.34. The Morgan fingerprint density at radius 1 is 1.19 bits per heavy atom. The number of hydrogen-bond donors (Lipinski definition) is 1. The molecule has 1 aliphatic heterocycles. The number of para-hydroxylation sites is 2. The third-order valence-corrected chi connectivity index (χ3v) is 5.72. The lowest BCUT2D eigenvalue weighted by atomic mass is 10.1. The molecule has 1 atom stereocenters. The molecule has 1 aromatic heterocycles. The van der Waals surface area contributed by atoms with Crippen molar-refractivity contribution in [2.45, 2.75) is 32.9 Å². The molecule has 0 aliphatic carbocycles. The maximum atomic E-state index is 12.9. The van der Waals surface area contributed by atoms with Crippen molar-refractivity contribution in [2.24, 2.45) is 0 Å². The molecule has 4 rings (SSSR count). The van der Waals surface area contributed by atoms with Crippen LogP contribution in [0, 0.1) is 0 Å². The van der Waals surface area contributed by atoms with Crippen molar-refractivity contribution in [3.63, 3.8) is 0 Å². The SMILES string of the molecule is CC[C@@H](C)NC(=O)c1coc(CN2C(=O)COc3ccc(C(=O)COc4ccccc4OC)cc32)n1. The second-order valence-corrected chi connectivity index (χ2v) is 8.22. The summed E-state index contributed by atoms with van der Waals surface area (Å²) >= 11 is 0. The van der Waals surface area contributed by atoms with Crippen molar-refractivity contribution in [3.8, 4) is 17.2 Å². The van der Waals surface area contributed by atoms with Crippen LogP contribution < -0.4 is 24.4 Å². The van der Waals surface area contributed by atoms with Gasteiger partial charge in [-0.15, -0.1) is 0 Å². The smallest absolute Gasteiger partial charge is 0.273 e. The van der Waals surface area contributed by atoms with Gasteiger partial charge in [-0.1, -0.05) is 19.1 Å². The number of hydrogen-bond acceptors (Lipinski definition) is 8. The number of aromatic nitrogens is 1. The molecule has 36 heavy (non-hydrogen) atoms. The number of nitrogens with one attached hydrogen (secondary N) is 1. The average molecular weight is 494 g/mol. The van der Waals surface area contributed by atoms with Crippen molar-refractivity contribution in [1.82, 2.24) is 10.3 Å². The summed E-state index contributed by atoms with van der Waals surface area (Å²) in [4.78, 5) is 43.5. The Balaban J connectivity index is 1.50. The number of nitrogens with zero attached hydrogens (tertiary/aromatic N) is 2. The van der Waals surface area contributed by atoms with Crippen LogP contribution in [0.4, 0.5) is 5.69 Å². The molecule has 0 unspecified atom stereocenters. The van der Waals surface area contributed by atoms with Crippen molar-refractivity contribution in [2.75, 3.05) is 25.2 Å². The summed E-state index contributed by atoms with van der Waals surface area (Å²) in [5.41, 5.74) is 0.870. The first-order chi connectivity index (χ1) is 17.4. The van der Waals surface area contributed by atoms with Gasteiger partial charge >= 0.3 is 0 Å². The third kappa shape index (κ3) is 5.48. The van der Waals surface area contributed by atoms with Gasteiger partial charge in [0.1, 0.15) is 18.6 Å². The molecule has 0 bridgehead atoms. The Hall–Kier alpha value is -4.34. The number of carbonyl (C=O) groups is 3. The van der Waals surface area contributed by atoms with Crippen LogP contribution in [0.25, 0.3) is 0 Å². The molecule has 1 aliphatic rings. The van der Waals surface area contributed by atoms with Crippen LogP contribution in [0.5, 0.6) is 17.2 Å². The molecule has 0 saturated heterocycles. The zero-order chi connectivity index (χ0) is 25.7. The minimum absolute atomic E-state index is 0.00624. The highest BCUT2D eigenvalue weighted by Gasteiger charge is 2.28. The van der Waals surface area contributed by atoms with E-state index in [9.17, 15) is 14.4 Å². The van der Waals surface area contributed by atoms with Crippen LogP contribution in [-0.4, -0.2) is 48.9 Å². The minimum atomic E-state index is -0.351. The number of amides is 2. The summed E-state index contributed by atoms with van der Waals surface area (Å²) in [5.74, 6) is 0.617. The van der Waals surface area contributed by atoms with Crippen LogP contribution in [0.15, 0.2) is 53.1 Å². The standard InChI is InChI=1S/C26H27N3O7/c1-4-16(2)27-26(32)18-13-36-24(28-18)12-29-19-11-17(9-10-21(19)35-15-25(29)31)20(30)14-34-23-8-6-5-7-22(23)33-3/h5-11,13,16H,4,12,14-15H2,1-3H3,(H,27,32)/t16-/m1/s1. The predicted molar refractivity (Wildman–Crippen MR) is 130 cm³/mol. The minimum Gasteiger partial charge on any atom is -0.493 e. The lowest BCUT2D eigenvalue weighted by molar-refractivity contribution is -0.121. The number of ether oxygens (including phenoxy) is 3. The highest BCUT2D eigenvalue weighted by atomic mass is 16.5. The van der Waals surface area contributed by atoms with E-state index in [-0.39, 0.29) is 55.0 Å². The normalized spacial score (nSPS) is 13.4. The zero-order valence-corrected chi connectivity index (χ0v) is 20.3. The van der Waals surface area contributed by atoms with E-state index in [0.717, 1.165) is 6.42 Å². The Labute approximate surface area is 208 Å². The van der Waals surface area contributed by atoms with Crippen molar-refractivity contribution >= 4 is 23.3 Å². The Morgan fingerprint density at radius 3 is 2.72 bits per heavy atom. The summed E-state index contributed by atoms with van der Waals surface area (Å²) in [5, 5.41) is 2.82. The molecule has 10 heteroatoms. The largest absolute Gasteiger partial charge is 0.493 e. The van der Waals surface area contributed by atoms with Crippen LogP contribution in [0.1, 0.15) is 47.0 Å². The maximum Gasteiger partial charge on any atom is 0.273 e. The van der Waals surface area contributed by atoms with E-state index in [0.29, 0.717) is 28.5 Å². The van der Waals surface area contributed by atoms with Gasteiger partial charge in [0.05, 0.1) is 12.8 Å². The van der Waals surface area contributed by atoms with E-state index in [1.54, 1.807) is 42.5 Å². The van der Waals surface area contributed by atoms with Crippen LogP contribution >= 0.6 is 0 Å². The second kappa shape index (κ2) is 10.9. The van der Waals surface area contributed by atoms with Gasteiger partial charge in [0, 0.05) is 11.6 Å². The molecule has 0 fully saturated rings. The van der Waals surface area contributed by atoms with Gasteiger partial charge in [-0.05, 0) is 43.7 Å². The summed E-state index contributed by atoms with van der Waals surface area (Å²) in [6.45, 7) is 3.44. The first kappa shape index (κ1) is 24.8. The zero-order valence-electron chi connectivity index (χ0n) is 20.3. The van der Waals surface area contributed by atoms with Crippen molar-refractivity contribution in [3.05, 3.63) is 65.9 Å². The Morgan fingerprint density at radius 2 is 1.97 bits per heavy atom. The van der Waals surface area contributed by atoms with E-state index >= 15 is 0 Å². The predicted octanol–water partition coefficient (Wildman–Crippen LogP) is 3.40. The lowest BCUT2D eigenvalue weighted by Gasteiger charge is -2.28. The number of oxazole rings is 1. The maximum absolute atomic E-state index is 12.9. The number of anilines is 1. The monoisotopic (exact) mass is 493 g/mol. The molecular weight excluding hydrogens is 466 g/mol. The van der Waals surface area contributed by atoms with Crippen LogP contribution in [-0.2, 0) is 11.3 Å². The van der Waals surface area contributed by atoms with Gasteiger partial charge in [-0.25, -0.2) is 4.98 Å². The molecular formula is C26H27N3O7. The number of ketones is 1. The fourth-order valence-corrected chi connectivity index (χ4v) is 3.54. The van der Waals surface area contributed by atoms with E-state index < -0.39 is 0 Å². The van der Waals surface area contributed by atoms with E-state index in [2.05, 4.69) is 10.3 Å². The van der Waals surface area contributed by atoms with E-state index in [1.165, 1.54) is 18.3 Å². The van der Waals surface area contributed by atoms with Gasteiger partial charge in [-0.2, -0.15) is 0 Å². The number of fused-ring (bicyclic) bond motifs is 1. The molecule has 2 aromatic carbocycles. The number of carbonyl (C=O) groups excluding carboxylic acids is 3. The van der Waals surface area contributed by atoms with Crippen molar-refractivity contribution in [1.29, 1.82) is 0 Å². The van der Waals surface area contributed by atoms with Crippen LogP contribution in [0.2, 0.25) is 0 Å². The van der Waals surface area contributed by atoms with Gasteiger partial charge in [0.2, 0.25) is 5.89 Å². The molecule has 1 N–H and O–H groups in total. The molecule has 10 nitrogen and oxygen atoms in total. The quantitative estimate of drug-likeness (QED) is 0.427. The third-order valence-electron chi connectivity index (χ3n) is 5.72. The topological polar surface area (TPSA) is 120 Å². The van der Waals surface area contributed by atoms with Gasteiger partial charge in [0.25, 0.3) is 11.8 Å². The lowest BCUT2D eigenvalue weighted by Crippen LogP contribution is -2.38. The molecule has 3 aromatic rings. The first-order valence-electron chi connectivity index (χ1n) is 11.5. The highest BCUT2D eigenvalue weighted by molar-refractivity contribution is 6.02. The van der Waals surface area contributed by atoms with Crippen molar-refractivity contribution < 1.29 is 33.0 Å². The van der Waals surface area contributed by atoms with Gasteiger partial charge in [-0.3, -0.25) is 19.3 Å². The average Bonchev–Trinajstić information content (AvgIpc) is 3.37. The summed E-state index contributed by atoms with van der Waals surface area (Å²) < 4.78 is 21.9. The number of Topliss-reactive ketones (excluding diaryl/α,β-unsaturated/α-hetero) is 1. The Bertz CT molecular complexity index is 1270. The number of benzene rings is 2. The molecule has 2 heterocycles.